The van der Waals surface area contributed by atoms with E-state index < -0.39 is 30.1 Å². The van der Waals surface area contributed by atoms with Crippen molar-refractivity contribution in [2.24, 2.45) is 17.8 Å². The van der Waals surface area contributed by atoms with E-state index in [0.29, 0.717) is 36.6 Å². The lowest BCUT2D eigenvalue weighted by Crippen LogP contribution is -2.59. The summed E-state index contributed by atoms with van der Waals surface area (Å²) < 4.78 is 11.5. The minimum atomic E-state index is -0.927. The molecule has 2 aromatic rings. The van der Waals surface area contributed by atoms with Crippen molar-refractivity contribution in [3.63, 3.8) is 0 Å². The molecule has 1 aliphatic heterocycles. The van der Waals surface area contributed by atoms with Gasteiger partial charge in [-0.1, -0.05) is 73.4 Å². The van der Waals surface area contributed by atoms with E-state index in [1.807, 2.05) is 58.7 Å². The molecule has 1 aromatic heterocycles. The summed E-state index contributed by atoms with van der Waals surface area (Å²) in [5.74, 6) is -1.94. The van der Waals surface area contributed by atoms with Gasteiger partial charge in [-0.3, -0.25) is 28.9 Å². The van der Waals surface area contributed by atoms with Crippen LogP contribution in [0.4, 0.5) is 0 Å². The second kappa shape index (κ2) is 22.6. The Morgan fingerprint density at radius 3 is 2.30 bits per heavy atom. The number of nitrogens with one attached hydrogen (secondary N) is 2. The number of rotatable bonds is 21. The van der Waals surface area contributed by atoms with Crippen molar-refractivity contribution in [1.82, 2.24) is 25.4 Å². The van der Waals surface area contributed by atoms with Crippen LogP contribution in [0.2, 0.25) is 0 Å². The molecular weight excluding hydrogens is 735 g/mol. The molecule has 1 aliphatic rings. The van der Waals surface area contributed by atoms with Gasteiger partial charge in [0, 0.05) is 37.2 Å². The maximum Gasteiger partial charge on any atom is 0.307 e. The third kappa shape index (κ3) is 14.2. The van der Waals surface area contributed by atoms with Gasteiger partial charge in [0.25, 0.3) is 5.91 Å². The first-order valence-electron chi connectivity index (χ1n) is 20.2. The number of carbonyl (C=O) groups is 5. The lowest BCUT2D eigenvalue weighted by Gasteiger charge is -2.39. The number of piperidine rings is 1. The van der Waals surface area contributed by atoms with Crippen molar-refractivity contribution in [1.29, 1.82) is 0 Å². The van der Waals surface area contributed by atoms with Gasteiger partial charge in [0.2, 0.25) is 11.8 Å². The Hall–Kier alpha value is -4.04. The maximum atomic E-state index is 14.7. The van der Waals surface area contributed by atoms with Crippen molar-refractivity contribution in [3.8, 4) is 5.75 Å². The minimum Gasteiger partial charge on any atom is -0.508 e. The molecule has 1 fully saturated rings. The van der Waals surface area contributed by atoms with Crippen LogP contribution in [0, 0.1) is 17.8 Å². The van der Waals surface area contributed by atoms with Gasteiger partial charge >= 0.3 is 11.9 Å². The Morgan fingerprint density at radius 2 is 1.71 bits per heavy atom. The molecular formula is C42H65N5O8S. The summed E-state index contributed by atoms with van der Waals surface area (Å²) in [7, 11) is 1.92. The van der Waals surface area contributed by atoms with E-state index in [9.17, 15) is 29.1 Å². The Morgan fingerprint density at radius 1 is 1.02 bits per heavy atom. The molecule has 6 atom stereocenters. The minimum absolute atomic E-state index is 0.103. The van der Waals surface area contributed by atoms with Crippen molar-refractivity contribution in [3.05, 3.63) is 45.9 Å². The third-order valence-electron chi connectivity index (χ3n) is 10.4. The topological polar surface area (TPSA) is 167 Å². The average Bonchev–Trinajstić information content (AvgIpc) is 3.64. The molecule has 0 saturated carbocycles. The van der Waals surface area contributed by atoms with Gasteiger partial charge in [-0.2, -0.15) is 0 Å². The van der Waals surface area contributed by atoms with E-state index in [1.165, 1.54) is 23.2 Å². The van der Waals surface area contributed by atoms with Crippen molar-refractivity contribution < 1.29 is 38.6 Å². The molecule has 0 aliphatic carbocycles. The molecule has 0 spiro atoms. The summed E-state index contributed by atoms with van der Waals surface area (Å²) in [5.41, 5.74) is 1.15. The fraction of sp³-hybridized carbons (Fsp3) is 0.667. The number of phenols is 1. The van der Waals surface area contributed by atoms with Gasteiger partial charge in [0.15, 0.2) is 12.8 Å². The predicted octanol–water partition coefficient (Wildman–Crippen LogP) is 6.40. The summed E-state index contributed by atoms with van der Waals surface area (Å²) >= 11 is 1.19. The standard InChI is InChI=1S/C42H65N5O8S/c1-10-14-37(50)54-25-47(42(53)38(28(7)11-2)45-40(52)34-15-12-13-20-46(34)9)35(27(5)6)23-36(55-29(8)48)41-44-33(24-56-41)39(51)43-31(21-26(3)4)22-30-16-18-32(49)19-17-30/h16-19,24,26-28,31,34-36,38,49H,10-15,20-23,25H2,1-9H3,(H,43,51)(H,45,52)/t28?,31-,34-,35-,36-,38+/m1/s1. The molecule has 3 N–H and O–H groups in total. The van der Waals surface area contributed by atoms with Gasteiger partial charge in [-0.25, -0.2) is 4.98 Å². The van der Waals surface area contributed by atoms with Crippen molar-refractivity contribution in [2.45, 2.75) is 143 Å². The summed E-state index contributed by atoms with van der Waals surface area (Å²) in [6, 6.07) is 4.85. The fourth-order valence-electron chi connectivity index (χ4n) is 7.11. The first kappa shape index (κ1) is 46.3. The molecule has 13 nitrogen and oxygen atoms in total. The predicted molar refractivity (Wildman–Crippen MR) is 217 cm³/mol. The summed E-state index contributed by atoms with van der Waals surface area (Å²) in [6.07, 6.45) is 4.46. The SMILES string of the molecule is CCCC(=O)OCN(C(=O)[C@@H](NC(=O)[C@H]1CCCCN1C)C(C)CC)[C@H](C[C@@H](OC(C)=O)c1nc(C(=O)N[C@@H](Cc2ccc(O)cc2)CC(C)C)cs1)C(C)C. The average molecular weight is 800 g/mol. The lowest BCUT2D eigenvalue weighted by atomic mass is 9.92. The zero-order chi connectivity index (χ0) is 41.5. The van der Waals surface area contributed by atoms with Gasteiger partial charge < -0.3 is 30.1 Å². The summed E-state index contributed by atoms with van der Waals surface area (Å²) in [5, 5.41) is 17.9. The van der Waals surface area contributed by atoms with Gasteiger partial charge in [0.05, 0.1) is 6.04 Å². The number of thiazole rings is 1. The van der Waals surface area contributed by atoms with E-state index in [-0.39, 0.29) is 72.7 Å². The number of amides is 3. The second-order valence-corrected chi connectivity index (χ2v) is 16.8. The number of likely N-dealkylation sites (N-methyl/N-ethyl adjacent to an activating group) is 1. The summed E-state index contributed by atoms with van der Waals surface area (Å²) in [6.45, 7) is 15.5. The molecule has 1 aromatic carbocycles. The van der Waals surface area contributed by atoms with E-state index in [1.54, 1.807) is 17.5 Å². The van der Waals surface area contributed by atoms with Crippen LogP contribution in [0.25, 0.3) is 0 Å². The molecule has 14 heteroatoms. The highest BCUT2D eigenvalue weighted by molar-refractivity contribution is 7.09. The number of hydrogen-bond donors (Lipinski definition) is 3. The zero-order valence-corrected chi connectivity index (χ0v) is 35.7. The number of likely N-dealkylation sites (tertiary alicyclic amines) is 1. The van der Waals surface area contributed by atoms with Crippen molar-refractivity contribution in [2.75, 3.05) is 20.3 Å². The van der Waals surface area contributed by atoms with Crippen LogP contribution in [0.3, 0.4) is 0 Å². The number of hydrogen-bond acceptors (Lipinski definition) is 11. The summed E-state index contributed by atoms with van der Waals surface area (Å²) in [4.78, 5) is 75.4. The molecule has 312 valence electrons. The number of nitrogens with zero attached hydrogens (tertiary/aromatic N) is 3. The maximum absolute atomic E-state index is 14.7. The van der Waals surface area contributed by atoms with E-state index in [2.05, 4.69) is 29.5 Å². The number of aromatic nitrogens is 1. The molecule has 0 radical (unpaired) electrons. The second-order valence-electron chi connectivity index (χ2n) is 16.0. The van der Waals surface area contributed by atoms with Gasteiger partial charge in [-0.15, -0.1) is 11.3 Å². The Labute approximate surface area is 337 Å². The molecule has 3 rings (SSSR count). The van der Waals surface area contributed by atoms with Gasteiger partial charge in [-0.05, 0) is 81.1 Å². The monoisotopic (exact) mass is 799 g/mol. The van der Waals surface area contributed by atoms with Gasteiger partial charge in [0.1, 0.15) is 22.5 Å². The zero-order valence-electron chi connectivity index (χ0n) is 34.8. The highest BCUT2D eigenvalue weighted by atomic mass is 32.1. The normalized spacial score (nSPS) is 17.4. The number of aromatic hydroxyl groups is 1. The van der Waals surface area contributed by atoms with Crippen LogP contribution in [-0.4, -0.2) is 94.0 Å². The van der Waals surface area contributed by atoms with Crippen LogP contribution in [0.1, 0.15) is 134 Å². The quantitative estimate of drug-likeness (QED) is 0.0950. The molecule has 1 saturated heterocycles. The van der Waals surface area contributed by atoms with Crippen molar-refractivity contribution >= 4 is 41.0 Å². The smallest absolute Gasteiger partial charge is 0.307 e. The fourth-order valence-corrected chi connectivity index (χ4v) is 7.95. The molecule has 0 bridgehead atoms. The largest absolute Gasteiger partial charge is 0.508 e. The van der Waals surface area contributed by atoms with Crippen LogP contribution < -0.4 is 10.6 Å². The number of benzene rings is 1. The molecule has 3 amide bonds. The lowest BCUT2D eigenvalue weighted by molar-refractivity contribution is -0.160. The number of phenolic OH excluding ortho intramolecular Hbond substituents is 1. The van der Waals surface area contributed by atoms with E-state index in [4.69, 9.17) is 9.47 Å². The third-order valence-corrected chi connectivity index (χ3v) is 11.4. The van der Waals surface area contributed by atoms with Crippen LogP contribution >= 0.6 is 11.3 Å². The van der Waals surface area contributed by atoms with Crippen LogP contribution in [-0.2, 0) is 35.1 Å². The Balaban J connectivity index is 1.93. The van der Waals surface area contributed by atoms with E-state index in [0.717, 1.165) is 31.4 Å². The van der Waals surface area contributed by atoms with Crippen LogP contribution in [0.15, 0.2) is 29.6 Å². The van der Waals surface area contributed by atoms with E-state index >= 15 is 0 Å². The molecule has 56 heavy (non-hydrogen) atoms. The first-order chi connectivity index (χ1) is 26.5. The Bertz CT molecular complexity index is 1580. The molecule has 2 heterocycles. The molecule has 1 unspecified atom stereocenters. The number of esters is 2. The highest BCUT2D eigenvalue weighted by Gasteiger charge is 2.39. The number of ether oxygens (including phenoxy) is 2. The highest BCUT2D eigenvalue weighted by Crippen LogP contribution is 2.32. The Kier molecular flexibility index (Phi) is 18.7. The van der Waals surface area contributed by atoms with Crippen LogP contribution in [0.5, 0.6) is 5.75 Å². The number of carbonyl (C=O) groups excluding carboxylic acids is 5. The first-order valence-corrected chi connectivity index (χ1v) is 21.1.